The van der Waals surface area contributed by atoms with Crippen LogP contribution in [0.4, 0.5) is 5.82 Å². The zero-order chi connectivity index (χ0) is 14.7. The predicted molar refractivity (Wildman–Crippen MR) is 86.7 cm³/mol. The van der Waals surface area contributed by atoms with E-state index in [1.165, 1.54) is 5.56 Å². The van der Waals surface area contributed by atoms with Gasteiger partial charge in [0, 0.05) is 43.5 Å². The third kappa shape index (κ3) is 3.22. The molecule has 2 heterocycles. The average Bonchev–Trinajstić information content (AvgIpc) is 2.56. The van der Waals surface area contributed by atoms with E-state index in [2.05, 4.69) is 54.4 Å². The molecule has 3 rings (SSSR count). The highest BCUT2D eigenvalue weighted by Crippen LogP contribution is 2.21. The lowest BCUT2D eigenvalue weighted by atomic mass is 10.1. The van der Waals surface area contributed by atoms with E-state index in [0.29, 0.717) is 0 Å². The van der Waals surface area contributed by atoms with Gasteiger partial charge in [0.2, 0.25) is 0 Å². The summed E-state index contributed by atoms with van der Waals surface area (Å²) >= 11 is 0. The first kappa shape index (κ1) is 14.0. The van der Waals surface area contributed by atoms with Crippen molar-refractivity contribution in [3.8, 4) is 11.4 Å². The molecule has 0 atom stereocenters. The van der Waals surface area contributed by atoms with Crippen molar-refractivity contribution >= 4 is 5.82 Å². The molecular formula is C17H22N4. The van der Waals surface area contributed by atoms with Crippen LogP contribution in [0.15, 0.2) is 30.3 Å². The number of nitrogens with one attached hydrogen (secondary N) is 1. The first-order valence-electron chi connectivity index (χ1n) is 7.67. The van der Waals surface area contributed by atoms with Crippen molar-refractivity contribution in [2.45, 2.75) is 20.3 Å². The molecular weight excluding hydrogens is 260 g/mol. The molecule has 21 heavy (non-hydrogen) atoms. The number of piperazine rings is 1. The van der Waals surface area contributed by atoms with Gasteiger partial charge in [-0.1, -0.05) is 36.8 Å². The van der Waals surface area contributed by atoms with Gasteiger partial charge in [-0.3, -0.25) is 0 Å². The monoisotopic (exact) mass is 282 g/mol. The van der Waals surface area contributed by atoms with Crippen LogP contribution in [0, 0.1) is 6.92 Å². The van der Waals surface area contributed by atoms with Crippen LogP contribution >= 0.6 is 0 Å². The molecule has 0 amide bonds. The molecule has 1 aromatic heterocycles. The Morgan fingerprint density at radius 3 is 2.48 bits per heavy atom. The number of hydrogen-bond donors (Lipinski definition) is 1. The van der Waals surface area contributed by atoms with Gasteiger partial charge in [0.1, 0.15) is 5.82 Å². The minimum absolute atomic E-state index is 0.836. The summed E-state index contributed by atoms with van der Waals surface area (Å²) in [5.74, 6) is 1.89. The number of aryl methyl sites for hydroxylation is 2. The van der Waals surface area contributed by atoms with Crippen LogP contribution in [-0.2, 0) is 6.42 Å². The first-order valence-corrected chi connectivity index (χ1v) is 7.67. The van der Waals surface area contributed by atoms with Gasteiger partial charge in [0.05, 0.1) is 0 Å². The minimum Gasteiger partial charge on any atom is -0.354 e. The standard InChI is InChI=1S/C17H22N4/c1-3-15-12-16(21-10-8-18-9-11-21)20-17(19-15)14-6-4-13(2)5-7-14/h4-7,12,18H,3,8-11H2,1-2H3. The van der Waals surface area contributed by atoms with Gasteiger partial charge in [-0.05, 0) is 13.3 Å². The zero-order valence-corrected chi connectivity index (χ0v) is 12.8. The first-order chi connectivity index (χ1) is 10.3. The molecule has 0 bridgehead atoms. The Kier molecular flexibility index (Phi) is 4.15. The molecule has 0 unspecified atom stereocenters. The van der Waals surface area contributed by atoms with E-state index < -0.39 is 0 Å². The number of anilines is 1. The van der Waals surface area contributed by atoms with E-state index in [-0.39, 0.29) is 0 Å². The maximum atomic E-state index is 4.79. The van der Waals surface area contributed by atoms with Crippen molar-refractivity contribution in [3.05, 3.63) is 41.6 Å². The topological polar surface area (TPSA) is 41.0 Å². The van der Waals surface area contributed by atoms with Gasteiger partial charge in [-0.25, -0.2) is 9.97 Å². The summed E-state index contributed by atoms with van der Waals surface area (Å²) in [6, 6.07) is 10.6. The van der Waals surface area contributed by atoms with Crippen LogP contribution in [0.5, 0.6) is 0 Å². The average molecular weight is 282 g/mol. The molecule has 1 aliphatic rings. The number of rotatable bonds is 3. The van der Waals surface area contributed by atoms with E-state index in [1.54, 1.807) is 0 Å². The van der Waals surface area contributed by atoms with Crippen molar-refractivity contribution in [3.63, 3.8) is 0 Å². The maximum absolute atomic E-state index is 4.79. The molecule has 1 aliphatic heterocycles. The van der Waals surface area contributed by atoms with Gasteiger partial charge in [-0.15, -0.1) is 0 Å². The largest absolute Gasteiger partial charge is 0.354 e. The molecule has 0 saturated carbocycles. The van der Waals surface area contributed by atoms with Crippen LogP contribution in [0.2, 0.25) is 0 Å². The molecule has 1 N–H and O–H groups in total. The molecule has 4 nitrogen and oxygen atoms in total. The summed E-state index contributed by atoms with van der Waals surface area (Å²) < 4.78 is 0. The Morgan fingerprint density at radius 1 is 1.10 bits per heavy atom. The van der Waals surface area contributed by atoms with E-state index in [4.69, 9.17) is 9.97 Å². The highest BCUT2D eigenvalue weighted by Gasteiger charge is 2.14. The molecule has 1 saturated heterocycles. The Balaban J connectivity index is 1.98. The van der Waals surface area contributed by atoms with E-state index >= 15 is 0 Å². The molecule has 0 aliphatic carbocycles. The Morgan fingerprint density at radius 2 is 1.81 bits per heavy atom. The summed E-state index contributed by atoms with van der Waals surface area (Å²) in [6.45, 7) is 8.29. The zero-order valence-electron chi connectivity index (χ0n) is 12.8. The lowest BCUT2D eigenvalue weighted by molar-refractivity contribution is 0.584. The fourth-order valence-electron chi connectivity index (χ4n) is 2.55. The summed E-state index contributed by atoms with van der Waals surface area (Å²) in [7, 11) is 0. The molecule has 4 heteroatoms. The van der Waals surface area contributed by atoms with Crippen LogP contribution in [0.3, 0.4) is 0 Å². The van der Waals surface area contributed by atoms with Gasteiger partial charge >= 0.3 is 0 Å². The molecule has 1 fully saturated rings. The fourth-order valence-corrected chi connectivity index (χ4v) is 2.55. The van der Waals surface area contributed by atoms with Crippen molar-refractivity contribution in [2.24, 2.45) is 0 Å². The SMILES string of the molecule is CCc1cc(N2CCNCC2)nc(-c2ccc(C)cc2)n1. The fraction of sp³-hybridized carbons (Fsp3) is 0.412. The number of aromatic nitrogens is 2. The lowest BCUT2D eigenvalue weighted by Gasteiger charge is -2.28. The predicted octanol–water partition coefficient (Wildman–Crippen LogP) is 2.42. The number of nitrogens with zero attached hydrogens (tertiary/aromatic N) is 3. The smallest absolute Gasteiger partial charge is 0.161 e. The third-order valence-electron chi connectivity index (χ3n) is 3.88. The van der Waals surface area contributed by atoms with E-state index in [1.807, 2.05) is 0 Å². The van der Waals surface area contributed by atoms with E-state index in [0.717, 1.165) is 55.5 Å². The Labute approximate surface area is 126 Å². The Bertz CT molecular complexity index is 601. The second-order valence-corrected chi connectivity index (χ2v) is 5.50. The van der Waals surface area contributed by atoms with Crippen molar-refractivity contribution in [1.82, 2.24) is 15.3 Å². The van der Waals surface area contributed by atoms with Crippen LogP contribution in [-0.4, -0.2) is 36.1 Å². The van der Waals surface area contributed by atoms with Gasteiger partial charge in [-0.2, -0.15) is 0 Å². The maximum Gasteiger partial charge on any atom is 0.161 e. The number of hydrogen-bond acceptors (Lipinski definition) is 4. The van der Waals surface area contributed by atoms with Gasteiger partial charge in [0.25, 0.3) is 0 Å². The van der Waals surface area contributed by atoms with Crippen molar-refractivity contribution in [2.75, 3.05) is 31.1 Å². The Hall–Kier alpha value is -1.94. The van der Waals surface area contributed by atoms with Crippen LogP contribution < -0.4 is 10.2 Å². The quantitative estimate of drug-likeness (QED) is 0.938. The molecule has 1 aromatic carbocycles. The van der Waals surface area contributed by atoms with Crippen molar-refractivity contribution in [1.29, 1.82) is 0 Å². The summed E-state index contributed by atoms with van der Waals surface area (Å²) in [6.07, 6.45) is 0.931. The lowest BCUT2D eigenvalue weighted by Crippen LogP contribution is -2.44. The third-order valence-corrected chi connectivity index (χ3v) is 3.88. The van der Waals surface area contributed by atoms with Crippen molar-refractivity contribution < 1.29 is 0 Å². The second-order valence-electron chi connectivity index (χ2n) is 5.50. The molecule has 110 valence electrons. The van der Waals surface area contributed by atoms with Gasteiger partial charge < -0.3 is 10.2 Å². The second kappa shape index (κ2) is 6.22. The highest BCUT2D eigenvalue weighted by molar-refractivity contribution is 5.58. The summed E-state index contributed by atoms with van der Waals surface area (Å²) in [4.78, 5) is 11.8. The van der Waals surface area contributed by atoms with Gasteiger partial charge in [0.15, 0.2) is 5.82 Å². The summed E-state index contributed by atoms with van der Waals surface area (Å²) in [5, 5.41) is 3.38. The molecule has 0 spiro atoms. The summed E-state index contributed by atoms with van der Waals surface area (Å²) in [5.41, 5.74) is 3.45. The number of benzene rings is 1. The van der Waals surface area contributed by atoms with Crippen LogP contribution in [0.25, 0.3) is 11.4 Å². The molecule has 2 aromatic rings. The molecule has 0 radical (unpaired) electrons. The van der Waals surface area contributed by atoms with Crippen LogP contribution in [0.1, 0.15) is 18.2 Å². The highest BCUT2D eigenvalue weighted by atomic mass is 15.2. The minimum atomic E-state index is 0.836. The van der Waals surface area contributed by atoms with E-state index in [9.17, 15) is 0 Å². The normalized spacial score (nSPS) is 15.2.